The predicted octanol–water partition coefficient (Wildman–Crippen LogP) is 2.65. The lowest BCUT2D eigenvalue weighted by molar-refractivity contribution is -0.384. The summed E-state index contributed by atoms with van der Waals surface area (Å²) in [5.74, 6) is -0.713. The number of nitro groups is 1. The summed E-state index contributed by atoms with van der Waals surface area (Å²) < 4.78 is 40.7. The molecule has 3 aromatic rings. The quantitative estimate of drug-likeness (QED) is 0.279. The number of benzene rings is 2. The third-order valence-corrected chi connectivity index (χ3v) is 4.34. The summed E-state index contributed by atoms with van der Waals surface area (Å²) in [7, 11) is 0. The van der Waals surface area contributed by atoms with Gasteiger partial charge in [0.1, 0.15) is 12.7 Å². The molecule has 14 heteroatoms. The first-order valence-electron chi connectivity index (χ1n) is 9.42. The summed E-state index contributed by atoms with van der Waals surface area (Å²) in [5.41, 5.74) is -0.602. The number of nitrogens with zero attached hydrogens (tertiary/aromatic N) is 4. The average Bonchev–Trinajstić information content (AvgIpc) is 3.30. The smallest absolute Gasteiger partial charge is 0.395 e. The van der Waals surface area contributed by atoms with Crippen LogP contribution in [0, 0.1) is 10.1 Å². The zero-order chi connectivity index (χ0) is 24.0. The number of aliphatic hydroxyl groups is 1. The molecule has 0 unspecified atom stereocenters. The molecule has 0 spiro atoms. The summed E-state index contributed by atoms with van der Waals surface area (Å²) in [5, 5.41) is 31.9. The van der Waals surface area contributed by atoms with Crippen molar-refractivity contribution in [3.63, 3.8) is 0 Å². The highest BCUT2D eigenvalue weighted by Gasteiger charge is 2.31. The van der Waals surface area contributed by atoms with Crippen molar-refractivity contribution < 1.29 is 28.0 Å². The number of non-ortho nitro benzene ring substituents is 1. The largest absolute Gasteiger partial charge is 0.416 e. The molecule has 174 valence electrons. The van der Waals surface area contributed by atoms with Crippen LogP contribution in [0.25, 0.3) is 5.69 Å². The molecule has 1 amide bonds. The number of hydrogen-bond acceptors (Lipinski definition) is 8. The van der Waals surface area contributed by atoms with Crippen molar-refractivity contribution in [3.8, 4) is 5.69 Å². The van der Waals surface area contributed by atoms with E-state index in [2.05, 4.69) is 26.0 Å². The summed E-state index contributed by atoms with van der Waals surface area (Å²) >= 11 is 0. The second kappa shape index (κ2) is 9.95. The average molecular weight is 465 g/mol. The van der Waals surface area contributed by atoms with Crippen LogP contribution in [-0.4, -0.2) is 50.4 Å². The molecule has 0 aliphatic rings. The molecule has 0 aliphatic carbocycles. The Balaban J connectivity index is 1.81. The number of aromatic nitrogens is 3. The SMILES string of the molecule is O=C(CNc1cc([N+](=O)[O-])ccc1NCCO)Nc1cc(C(F)(F)F)ccc1-n1cncn1. The van der Waals surface area contributed by atoms with E-state index in [1.54, 1.807) is 0 Å². The van der Waals surface area contributed by atoms with Crippen LogP contribution in [0.1, 0.15) is 5.56 Å². The molecule has 0 atom stereocenters. The van der Waals surface area contributed by atoms with Gasteiger partial charge < -0.3 is 21.1 Å². The minimum absolute atomic E-state index is 0.153. The molecular weight excluding hydrogens is 447 g/mol. The lowest BCUT2D eigenvalue weighted by Crippen LogP contribution is -2.23. The predicted molar refractivity (Wildman–Crippen MR) is 112 cm³/mol. The van der Waals surface area contributed by atoms with Crippen LogP contribution >= 0.6 is 0 Å². The molecule has 0 aliphatic heterocycles. The van der Waals surface area contributed by atoms with E-state index in [9.17, 15) is 28.1 Å². The van der Waals surface area contributed by atoms with Crippen molar-refractivity contribution in [1.82, 2.24) is 14.8 Å². The first-order chi connectivity index (χ1) is 15.7. The van der Waals surface area contributed by atoms with Crippen LogP contribution in [0.15, 0.2) is 49.1 Å². The van der Waals surface area contributed by atoms with Gasteiger partial charge in [-0.3, -0.25) is 14.9 Å². The maximum atomic E-state index is 13.2. The number of nitro benzene ring substituents is 1. The number of aliphatic hydroxyl groups excluding tert-OH is 1. The molecule has 0 bridgehead atoms. The molecule has 33 heavy (non-hydrogen) atoms. The summed E-state index contributed by atoms with van der Waals surface area (Å²) in [6.07, 6.45) is -2.18. The number of rotatable bonds is 9. The van der Waals surface area contributed by atoms with E-state index in [0.29, 0.717) is 5.69 Å². The number of halogens is 3. The summed E-state index contributed by atoms with van der Waals surface area (Å²) in [6.45, 7) is -0.455. The van der Waals surface area contributed by atoms with E-state index in [0.717, 1.165) is 18.2 Å². The zero-order valence-electron chi connectivity index (χ0n) is 16.8. The highest BCUT2D eigenvalue weighted by Crippen LogP contribution is 2.33. The highest BCUT2D eigenvalue weighted by atomic mass is 19.4. The van der Waals surface area contributed by atoms with Gasteiger partial charge in [0.15, 0.2) is 0 Å². The van der Waals surface area contributed by atoms with Crippen LogP contribution in [-0.2, 0) is 11.0 Å². The third kappa shape index (κ3) is 5.94. The Labute approximate surface area is 184 Å². The normalized spacial score (nSPS) is 11.2. The minimum atomic E-state index is -4.63. The standard InChI is InChI=1S/C19H18F3N7O4/c20-19(21,22)12-1-4-17(28-11-23-10-26-28)16(7-12)27-18(31)9-25-15-8-13(29(32)33)2-3-14(15)24-5-6-30/h1-4,7-8,10-11,24-25,30H,5-6,9H2,(H,27,31). The van der Waals surface area contributed by atoms with Gasteiger partial charge >= 0.3 is 6.18 Å². The second-order valence-electron chi connectivity index (χ2n) is 6.61. The van der Waals surface area contributed by atoms with Crippen LogP contribution in [0.2, 0.25) is 0 Å². The number of hydrogen-bond donors (Lipinski definition) is 4. The molecular formula is C19H18F3N7O4. The molecule has 0 fully saturated rings. The molecule has 1 heterocycles. The lowest BCUT2D eigenvalue weighted by Gasteiger charge is -2.16. The van der Waals surface area contributed by atoms with Gasteiger partial charge in [-0.15, -0.1) is 0 Å². The summed E-state index contributed by atoms with van der Waals surface area (Å²) in [6, 6.07) is 6.63. The van der Waals surface area contributed by atoms with E-state index in [1.807, 2.05) is 0 Å². The molecule has 0 saturated carbocycles. The van der Waals surface area contributed by atoms with Gasteiger partial charge in [0, 0.05) is 18.7 Å². The van der Waals surface area contributed by atoms with Gasteiger partial charge in [0.2, 0.25) is 5.91 Å². The Morgan fingerprint density at radius 1 is 1.12 bits per heavy atom. The molecule has 1 aromatic heterocycles. The first-order valence-corrected chi connectivity index (χ1v) is 9.42. The van der Waals surface area contributed by atoms with Crippen molar-refractivity contribution in [3.05, 3.63) is 64.7 Å². The molecule has 3 rings (SSSR count). The number of amides is 1. The number of alkyl halides is 3. The fourth-order valence-electron chi connectivity index (χ4n) is 2.85. The maximum Gasteiger partial charge on any atom is 0.416 e. The number of carbonyl (C=O) groups excluding carboxylic acids is 1. The number of anilines is 3. The van der Waals surface area contributed by atoms with E-state index < -0.39 is 29.1 Å². The van der Waals surface area contributed by atoms with Crippen molar-refractivity contribution in [2.45, 2.75) is 6.18 Å². The van der Waals surface area contributed by atoms with Crippen molar-refractivity contribution in [1.29, 1.82) is 0 Å². The van der Waals surface area contributed by atoms with Crippen LogP contribution in [0.3, 0.4) is 0 Å². The Hall–Kier alpha value is -4.20. The van der Waals surface area contributed by atoms with Crippen LogP contribution < -0.4 is 16.0 Å². The zero-order valence-corrected chi connectivity index (χ0v) is 16.8. The lowest BCUT2D eigenvalue weighted by atomic mass is 10.1. The fraction of sp³-hybridized carbons (Fsp3) is 0.211. The Morgan fingerprint density at radius 2 is 1.91 bits per heavy atom. The third-order valence-electron chi connectivity index (χ3n) is 4.34. The van der Waals surface area contributed by atoms with Gasteiger partial charge in [-0.25, -0.2) is 9.67 Å². The van der Waals surface area contributed by atoms with Crippen molar-refractivity contribution in [2.75, 3.05) is 35.6 Å². The first kappa shape index (κ1) is 23.5. The molecule has 4 N–H and O–H groups in total. The Morgan fingerprint density at radius 3 is 2.55 bits per heavy atom. The highest BCUT2D eigenvalue weighted by molar-refractivity contribution is 5.96. The number of nitrogens with one attached hydrogen (secondary N) is 3. The monoisotopic (exact) mass is 465 g/mol. The van der Waals surface area contributed by atoms with Gasteiger partial charge in [-0.05, 0) is 24.3 Å². The van der Waals surface area contributed by atoms with E-state index in [-0.39, 0.29) is 35.9 Å². The van der Waals surface area contributed by atoms with Crippen molar-refractivity contribution in [2.24, 2.45) is 0 Å². The van der Waals surface area contributed by atoms with E-state index in [4.69, 9.17) is 5.11 Å². The van der Waals surface area contributed by atoms with Crippen LogP contribution in [0.5, 0.6) is 0 Å². The summed E-state index contributed by atoms with van der Waals surface area (Å²) in [4.78, 5) is 26.7. The van der Waals surface area contributed by atoms with Gasteiger partial charge in [0.25, 0.3) is 5.69 Å². The molecule has 0 radical (unpaired) electrons. The van der Waals surface area contributed by atoms with E-state index >= 15 is 0 Å². The van der Waals surface area contributed by atoms with Crippen LogP contribution in [0.4, 0.5) is 35.9 Å². The maximum absolute atomic E-state index is 13.2. The topological polar surface area (TPSA) is 147 Å². The molecule has 2 aromatic carbocycles. The number of carbonyl (C=O) groups is 1. The Bertz CT molecular complexity index is 1140. The van der Waals surface area contributed by atoms with Gasteiger partial charge in [-0.1, -0.05) is 0 Å². The fourth-order valence-corrected chi connectivity index (χ4v) is 2.85. The Kier molecular flexibility index (Phi) is 7.07. The van der Waals surface area contributed by atoms with Gasteiger partial charge in [-0.2, -0.15) is 18.3 Å². The second-order valence-corrected chi connectivity index (χ2v) is 6.61. The van der Waals surface area contributed by atoms with Gasteiger partial charge in [0.05, 0.1) is 46.4 Å². The van der Waals surface area contributed by atoms with E-state index in [1.165, 1.54) is 35.5 Å². The molecule has 0 saturated heterocycles. The minimum Gasteiger partial charge on any atom is -0.395 e. The van der Waals surface area contributed by atoms with Crippen molar-refractivity contribution >= 4 is 28.7 Å². The molecule has 11 nitrogen and oxygen atoms in total.